The van der Waals surface area contributed by atoms with Crippen LogP contribution in [0.25, 0.3) is 0 Å². The van der Waals surface area contributed by atoms with Crippen LogP contribution < -0.4 is 15.3 Å². The third-order valence-electron chi connectivity index (χ3n) is 0. The van der Waals surface area contributed by atoms with Crippen molar-refractivity contribution in [2.45, 2.75) is 73.7 Å². The van der Waals surface area contributed by atoms with Gasteiger partial charge in [-0.15, -0.1) is 18.3 Å². The van der Waals surface area contributed by atoms with Gasteiger partial charge in [-0.1, -0.05) is 55.4 Å². The average molecular weight is 282 g/mol. The molecule has 0 spiro atoms. The van der Waals surface area contributed by atoms with Crippen molar-refractivity contribution in [2.24, 2.45) is 5.92 Å². The molecule has 4 heteroatoms. The van der Waals surface area contributed by atoms with Gasteiger partial charge in [0.1, 0.15) is 0 Å². The summed E-state index contributed by atoms with van der Waals surface area (Å²) in [6, 6.07) is 0. The minimum atomic E-state index is -0.417. The molecule has 0 atom stereocenters. The van der Waals surface area contributed by atoms with Gasteiger partial charge in [-0.2, -0.15) is 5.92 Å². The number of hydrogen-bond acceptors (Lipinski definition) is 3. The second-order valence-corrected chi connectivity index (χ2v) is 4.54. The molecular formula is C13H30O3Ti. The van der Waals surface area contributed by atoms with Gasteiger partial charge in [-0.25, -0.2) is 0 Å². The average Bonchev–Trinajstić information content (AvgIpc) is 1.76. The maximum atomic E-state index is 9.53. The Morgan fingerprint density at radius 2 is 0.588 bits per heavy atom. The first-order chi connectivity index (χ1) is 6.93. The van der Waals surface area contributed by atoms with E-state index in [-0.39, 0.29) is 21.7 Å². The third kappa shape index (κ3) is 10000. The van der Waals surface area contributed by atoms with E-state index in [0.29, 0.717) is 5.92 Å². The van der Waals surface area contributed by atoms with E-state index >= 15 is 0 Å². The Hall–Kier alpha value is 0.594. The van der Waals surface area contributed by atoms with Crippen molar-refractivity contribution in [1.29, 1.82) is 0 Å². The van der Waals surface area contributed by atoms with Crippen molar-refractivity contribution in [3.8, 4) is 0 Å². The Kier molecular flexibility index (Phi) is 45.7. The van der Waals surface area contributed by atoms with Gasteiger partial charge in [0.25, 0.3) is 0 Å². The Morgan fingerprint density at radius 1 is 0.588 bits per heavy atom. The summed E-state index contributed by atoms with van der Waals surface area (Å²) >= 11 is 0. The molecule has 0 aromatic heterocycles. The smallest absolute Gasteiger partial charge is 0.852 e. The van der Waals surface area contributed by atoms with Crippen LogP contribution in [0.4, 0.5) is 0 Å². The van der Waals surface area contributed by atoms with Crippen LogP contribution in [-0.2, 0) is 21.7 Å². The summed E-state index contributed by atoms with van der Waals surface area (Å²) in [5, 5.41) is 28.6. The normalized spacial score (nSPS) is 8.47. The van der Waals surface area contributed by atoms with Crippen LogP contribution in [0.3, 0.4) is 0 Å². The van der Waals surface area contributed by atoms with Crippen LogP contribution >= 0.6 is 0 Å². The first-order valence-electron chi connectivity index (χ1n) is 5.73. The molecule has 0 aliphatic heterocycles. The van der Waals surface area contributed by atoms with Crippen LogP contribution in [0.2, 0.25) is 0 Å². The zero-order valence-electron chi connectivity index (χ0n) is 12.7. The molecule has 0 saturated carbocycles. The molecule has 0 aromatic carbocycles. The Labute approximate surface area is 124 Å². The molecule has 0 radical (unpaired) electrons. The van der Waals surface area contributed by atoms with Gasteiger partial charge in [-0.05, 0) is 0 Å². The standard InChI is InChI=1S/C4H9.3C3H7O.Ti/c1-4(2)3;3*1-3(2)4;/h4H,1H2,2-3H3;3*3H,1-2H3;/q4*-1;+4. The second kappa shape index (κ2) is 25.4. The van der Waals surface area contributed by atoms with E-state index in [1.54, 1.807) is 41.5 Å². The minimum Gasteiger partial charge on any atom is -0.852 e. The topological polar surface area (TPSA) is 69.2 Å². The zero-order valence-corrected chi connectivity index (χ0v) is 14.3. The predicted octanol–water partition coefficient (Wildman–Crippen LogP) is 0.739. The molecule has 0 saturated heterocycles. The van der Waals surface area contributed by atoms with E-state index in [1.807, 2.05) is 0 Å². The molecule has 0 unspecified atom stereocenters. The summed E-state index contributed by atoms with van der Waals surface area (Å²) in [5.41, 5.74) is 0. The minimum absolute atomic E-state index is 0. The second-order valence-electron chi connectivity index (χ2n) is 4.54. The monoisotopic (exact) mass is 282 g/mol. The van der Waals surface area contributed by atoms with Gasteiger partial charge in [0.05, 0.1) is 0 Å². The number of rotatable bonds is 0. The largest absolute Gasteiger partial charge is 4.00 e. The van der Waals surface area contributed by atoms with Crippen molar-refractivity contribution in [3.63, 3.8) is 0 Å². The summed E-state index contributed by atoms with van der Waals surface area (Å²) in [5.74, 6) is 0.583. The molecule has 0 amide bonds. The SMILES string of the molecule is CC(C)[O-].CC(C)[O-].CC(C)[O-].[CH2-]C(C)C.[Ti+4]. The summed E-state index contributed by atoms with van der Waals surface area (Å²) in [4.78, 5) is 0. The first kappa shape index (κ1) is 30.5. The quantitative estimate of drug-likeness (QED) is 0.486. The Balaban J connectivity index is -0.0000000369. The van der Waals surface area contributed by atoms with Gasteiger partial charge >= 0.3 is 21.7 Å². The molecule has 0 rings (SSSR count). The van der Waals surface area contributed by atoms with Crippen LogP contribution in [0.5, 0.6) is 0 Å². The van der Waals surface area contributed by atoms with Crippen molar-refractivity contribution in [3.05, 3.63) is 6.92 Å². The Bertz CT molecular complexity index is 59.6. The molecule has 0 aromatic rings. The Morgan fingerprint density at radius 3 is 0.588 bits per heavy atom. The fourth-order valence-electron chi connectivity index (χ4n) is 0. The van der Waals surface area contributed by atoms with Crippen molar-refractivity contribution < 1.29 is 37.0 Å². The van der Waals surface area contributed by atoms with Gasteiger partial charge in [0.15, 0.2) is 0 Å². The van der Waals surface area contributed by atoms with E-state index in [9.17, 15) is 15.3 Å². The van der Waals surface area contributed by atoms with Gasteiger partial charge in [0.2, 0.25) is 0 Å². The molecule has 0 aliphatic carbocycles. The zero-order chi connectivity index (χ0) is 14.3. The van der Waals surface area contributed by atoms with E-state index in [1.165, 1.54) is 0 Å². The summed E-state index contributed by atoms with van der Waals surface area (Å²) in [6.07, 6.45) is -1.25. The molecular weight excluding hydrogens is 252 g/mol. The maximum Gasteiger partial charge on any atom is 4.00 e. The van der Waals surface area contributed by atoms with Crippen molar-refractivity contribution in [2.75, 3.05) is 0 Å². The summed E-state index contributed by atoms with van der Waals surface area (Å²) in [7, 11) is 0. The van der Waals surface area contributed by atoms with Gasteiger partial charge < -0.3 is 22.2 Å². The fourth-order valence-corrected chi connectivity index (χ4v) is 0. The van der Waals surface area contributed by atoms with E-state index < -0.39 is 18.3 Å². The van der Waals surface area contributed by atoms with E-state index in [0.717, 1.165) is 0 Å². The summed E-state index contributed by atoms with van der Waals surface area (Å²) in [6.45, 7) is 17.4. The van der Waals surface area contributed by atoms with Crippen LogP contribution in [0, 0.1) is 12.8 Å². The third-order valence-corrected chi connectivity index (χ3v) is 0. The molecule has 3 nitrogen and oxygen atoms in total. The van der Waals surface area contributed by atoms with Gasteiger partial charge in [0, 0.05) is 0 Å². The number of hydrogen-bond donors (Lipinski definition) is 0. The van der Waals surface area contributed by atoms with Gasteiger partial charge in [-0.3, -0.25) is 0 Å². The summed E-state index contributed by atoms with van der Waals surface area (Å²) < 4.78 is 0. The molecule has 17 heavy (non-hydrogen) atoms. The molecule has 0 N–H and O–H groups in total. The van der Waals surface area contributed by atoms with Crippen LogP contribution in [0.1, 0.15) is 55.4 Å². The fraction of sp³-hybridized carbons (Fsp3) is 0.923. The molecule has 104 valence electrons. The van der Waals surface area contributed by atoms with Crippen molar-refractivity contribution >= 4 is 0 Å². The van der Waals surface area contributed by atoms with E-state index in [2.05, 4.69) is 20.8 Å². The molecule has 0 aliphatic rings. The van der Waals surface area contributed by atoms with Crippen LogP contribution in [-0.4, -0.2) is 18.3 Å². The molecule has 0 bridgehead atoms. The van der Waals surface area contributed by atoms with Crippen LogP contribution in [0.15, 0.2) is 0 Å². The first-order valence-corrected chi connectivity index (χ1v) is 5.73. The predicted molar refractivity (Wildman–Crippen MR) is 65.6 cm³/mol. The molecule has 0 heterocycles. The molecule has 0 fully saturated rings. The maximum absolute atomic E-state index is 9.53. The van der Waals surface area contributed by atoms with E-state index in [4.69, 9.17) is 0 Å². The van der Waals surface area contributed by atoms with Crippen molar-refractivity contribution in [1.82, 2.24) is 0 Å².